The molecule has 31 heavy (non-hydrogen) atoms. The van der Waals surface area contributed by atoms with Gasteiger partial charge in [-0.05, 0) is 60.4 Å². The molecule has 4 rings (SSSR count). The lowest BCUT2D eigenvalue weighted by Gasteiger charge is -2.18. The summed E-state index contributed by atoms with van der Waals surface area (Å²) in [5, 5.41) is 8.01. The first-order valence-corrected chi connectivity index (χ1v) is 10.2. The van der Waals surface area contributed by atoms with E-state index in [0.29, 0.717) is 23.9 Å². The number of aryl methyl sites for hydroxylation is 3. The van der Waals surface area contributed by atoms with E-state index in [0.717, 1.165) is 27.8 Å². The van der Waals surface area contributed by atoms with Crippen molar-refractivity contribution in [2.75, 3.05) is 7.05 Å². The van der Waals surface area contributed by atoms with Crippen molar-refractivity contribution in [3.05, 3.63) is 94.9 Å². The lowest BCUT2D eigenvalue weighted by Crippen LogP contribution is -2.26. The van der Waals surface area contributed by atoms with Crippen LogP contribution < -0.4 is 0 Å². The van der Waals surface area contributed by atoms with Crippen molar-refractivity contribution in [1.29, 1.82) is 0 Å². The van der Waals surface area contributed by atoms with Crippen LogP contribution in [0, 0.1) is 20.8 Å². The van der Waals surface area contributed by atoms with Gasteiger partial charge in [-0.1, -0.05) is 48.0 Å². The number of carbonyl (C=O) groups excluding carboxylic acids is 1. The number of rotatable bonds is 5. The van der Waals surface area contributed by atoms with E-state index in [9.17, 15) is 4.79 Å². The molecule has 0 bridgehead atoms. The van der Waals surface area contributed by atoms with Crippen molar-refractivity contribution >= 4 is 5.91 Å². The van der Waals surface area contributed by atoms with Crippen molar-refractivity contribution in [3.8, 4) is 22.6 Å². The number of carbonyl (C=O) groups is 1. The van der Waals surface area contributed by atoms with Crippen LogP contribution in [-0.2, 0) is 6.54 Å². The smallest absolute Gasteiger partial charge is 0.253 e. The zero-order valence-electron chi connectivity index (χ0n) is 18.2. The van der Waals surface area contributed by atoms with Crippen molar-refractivity contribution in [3.63, 3.8) is 0 Å². The standard InChI is InChI=1S/C26H25N3O2/c1-17-8-10-20(11-9-17)16-29(4)26(30)23-12-13-24(18(2)14-23)21-6-5-7-22(15-21)25-28-27-19(3)31-25/h5-15H,16H2,1-4H3. The molecular formula is C26H25N3O2. The first-order chi connectivity index (χ1) is 14.9. The van der Waals surface area contributed by atoms with E-state index in [1.54, 1.807) is 11.8 Å². The fraction of sp³-hybridized carbons (Fsp3) is 0.192. The second kappa shape index (κ2) is 8.56. The highest BCUT2D eigenvalue weighted by molar-refractivity contribution is 5.95. The Bertz CT molecular complexity index is 1230. The van der Waals surface area contributed by atoms with Crippen LogP contribution in [0.2, 0.25) is 0 Å². The van der Waals surface area contributed by atoms with E-state index in [-0.39, 0.29) is 5.91 Å². The first kappa shape index (κ1) is 20.5. The van der Waals surface area contributed by atoms with Gasteiger partial charge in [-0.3, -0.25) is 4.79 Å². The van der Waals surface area contributed by atoms with Crippen molar-refractivity contribution < 1.29 is 9.21 Å². The molecule has 0 radical (unpaired) electrons. The van der Waals surface area contributed by atoms with Gasteiger partial charge in [0.1, 0.15) is 0 Å². The predicted octanol–water partition coefficient (Wildman–Crippen LogP) is 5.60. The fourth-order valence-electron chi connectivity index (χ4n) is 3.61. The monoisotopic (exact) mass is 411 g/mol. The number of aromatic nitrogens is 2. The average Bonchev–Trinajstić information content (AvgIpc) is 3.21. The highest BCUT2D eigenvalue weighted by Crippen LogP contribution is 2.29. The highest BCUT2D eigenvalue weighted by atomic mass is 16.4. The lowest BCUT2D eigenvalue weighted by molar-refractivity contribution is 0.0785. The van der Waals surface area contributed by atoms with Gasteiger partial charge in [0.05, 0.1) is 0 Å². The molecule has 0 aliphatic carbocycles. The maximum atomic E-state index is 13.0. The van der Waals surface area contributed by atoms with E-state index in [2.05, 4.69) is 41.4 Å². The summed E-state index contributed by atoms with van der Waals surface area (Å²) in [4.78, 5) is 14.7. The molecule has 1 heterocycles. The molecule has 0 fully saturated rings. The van der Waals surface area contributed by atoms with Crippen molar-refractivity contribution in [1.82, 2.24) is 15.1 Å². The summed E-state index contributed by atoms with van der Waals surface area (Å²) in [5.41, 5.74) is 7.02. The van der Waals surface area contributed by atoms with Crippen LogP contribution >= 0.6 is 0 Å². The maximum Gasteiger partial charge on any atom is 0.253 e. The molecule has 0 aliphatic rings. The molecule has 0 unspecified atom stereocenters. The average molecular weight is 412 g/mol. The normalized spacial score (nSPS) is 10.8. The van der Waals surface area contributed by atoms with Gasteiger partial charge in [-0.25, -0.2) is 0 Å². The number of hydrogen-bond donors (Lipinski definition) is 0. The Hall–Kier alpha value is -3.73. The third-order valence-electron chi connectivity index (χ3n) is 5.31. The zero-order chi connectivity index (χ0) is 22.0. The molecule has 5 nitrogen and oxygen atoms in total. The largest absolute Gasteiger partial charge is 0.421 e. The molecule has 156 valence electrons. The van der Waals surface area contributed by atoms with Crippen LogP contribution in [-0.4, -0.2) is 28.1 Å². The van der Waals surface area contributed by atoms with Gasteiger partial charge in [0, 0.05) is 31.6 Å². The molecule has 0 N–H and O–H groups in total. The second-order valence-electron chi connectivity index (χ2n) is 7.88. The van der Waals surface area contributed by atoms with Crippen LogP contribution in [0.15, 0.2) is 71.1 Å². The van der Waals surface area contributed by atoms with Crippen LogP contribution in [0.3, 0.4) is 0 Å². The van der Waals surface area contributed by atoms with E-state index >= 15 is 0 Å². The number of hydrogen-bond acceptors (Lipinski definition) is 4. The summed E-state index contributed by atoms with van der Waals surface area (Å²) in [6, 6.07) is 22.1. The Balaban J connectivity index is 1.55. The van der Waals surface area contributed by atoms with Crippen LogP contribution in [0.1, 0.15) is 32.9 Å². The van der Waals surface area contributed by atoms with E-state index in [4.69, 9.17) is 4.42 Å². The Kier molecular flexibility index (Phi) is 5.67. The van der Waals surface area contributed by atoms with Gasteiger partial charge in [0.25, 0.3) is 5.91 Å². The van der Waals surface area contributed by atoms with Crippen molar-refractivity contribution in [2.45, 2.75) is 27.3 Å². The molecule has 0 saturated heterocycles. The molecular weight excluding hydrogens is 386 g/mol. The van der Waals surface area contributed by atoms with Crippen molar-refractivity contribution in [2.24, 2.45) is 0 Å². The molecule has 0 aliphatic heterocycles. The third-order valence-corrected chi connectivity index (χ3v) is 5.31. The van der Waals surface area contributed by atoms with Gasteiger partial charge in [-0.2, -0.15) is 0 Å². The molecule has 0 atom stereocenters. The summed E-state index contributed by atoms with van der Waals surface area (Å²) in [7, 11) is 1.83. The Morgan fingerprint density at radius 2 is 1.65 bits per heavy atom. The second-order valence-corrected chi connectivity index (χ2v) is 7.88. The SMILES string of the molecule is Cc1ccc(CN(C)C(=O)c2ccc(-c3cccc(-c4nnc(C)o4)c3)c(C)c2)cc1. The topological polar surface area (TPSA) is 59.2 Å². The Labute approximate surface area is 182 Å². The number of benzene rings is 3. The van der Waals surface area contributed by atoms with Crippen LogP contribution in [0.4, 0.5) is 0 Å². The first-order valence-electron chi connectivity index (χ1n) is 10.2. The summed E-state index contributed by atoms with van der Waals surface area (Å²) in [6.07, 6.45) is 0. The number of amides is 1. The zero-order valence-corrected chi connectivity index (χ0v) is 18.2. The molecule has 1 amide bonds. The van der Waals surface area contributed by atoms with Crippen LogP contribution in [0.5, 0.6) is 0 Å². The number of nitrogens with zero attached hydrogens (tertiary/aromatic N) is 3. The van der Waals surface area contributed by atoms with Gasteiger partial charge < -0.3 is 9.32 Å². The summed E-state index contributed by atoms with van der Waals surface area (Å²) < 4.78 is 5.55. The predicted molar refractivity (Wildman–Crippen MR) is 122 cm³/mol. The summed E-state index contributed by atoms with van der Waals surface area (Å²) in [6.45, 7) is 6.43. The Morgan fingerprint density at radius 3 is 2.32 bits per heavy atom. The van der Waals surface area contributed by atoms with Gasteiger partial charge in [0.15, 0.2) is 0 Å². The summed E-state index contributed by atoms with van der Waals surface area (Å²) in [5.74, 6) is 1.04. The quantitative estimate of drug-likeness (QED) is 0.429. The van der Waals surface area contributed by atoms with Gasteiger partial charge >= 0.3 is 0 Å². The molecule has 0 spiro atoms. The Morgan fingerprint density at radius 1 is 0.903 bits per heavy atom. The molecule has 0 saturated carbocycles. The highest BCUT2D eigenvalue weighted by Gasteiger charge is 2.15. The molecule has 4 aromatic rings. The fourth-order valence-corrected chi connectivity index (χ4v) is 3.61. The van der Waals surface area contributed by atoms with Gasteiger partial charge in [-0.15, -0.1) is 10.2 Å². The summed E-state index contributed by atoms with van der Waals surface area (Å²) >= 11 is 0. The van der Waals surface area contributed by atoms with Crippen LogP contribution in [0.25, 0.3) is 22.6 Å². The molecule has 3 aromatic carbocycles. The lowest BCUT2D eigenvalue weighted by atomic mass is 9.96. The molecule has 1 aromatic heterocycles. The third kappa shape index (κ3) is 4.56. The van der Waals surface area contributed by atoms with E-state index in [1.807, 2.05) is 56.4 Å². The minimum Gasteiger partial charge on any atom is -0.421 e. The minimum atomic E-state index is 0.00492. The van der Waals surface area contributed by atoms with Gasteiger partial charge in [0.2, 0.25) is 11.8 Å². The van der Waals surface area contributed by atoms with E-state index < -0.39 is 0 Å². The minimum absolute atomic E-state index is 0.00492. The molecule has 5 heteroatoms. The maximum absolute atomic E-state index is 13.0. The van der Waals surface area contributed by atoms with E-state index in [1.165, 1.54) is 5.56 Å².